The van der Waals surface area contributed by atoms with Crippen molar-refractivity contribution in [2.24, 2.45) is 0 Å². The van der Waals surface area contributed by atoms with E-state index in [4.69, 9.17) is 16.3 Å². The van der Waals surface area contributed by atoms with Gasteiger partial charge in [0.25, 0.3) is 5.69 Å². The molecule has 0 aliphatic heterocycles. The number of carbonyl (C=O) groups excluding carboxylic acids is 1. The molecule has 2 aromatic rings. The van der Waals surface area contributed by atoms with Crippen LogP contribution in [0.1, 0.15) is 5.56 Å². The number of anilines is 1. The molecule has 0 radical (unpaired) electrons. The number of halogens is 1. The first-order valence-electron chi connectivity index (χ1n) is 7.11. The van der Waals surface area contributed by atoms with E-state index in [2.05, 4.69) is 10.6 Å². The lowest BCUT2D eigenvalue weighted by Crippen LogP contribution is -2.30. The van der Waals surface area contributed by atoms with Gasteiger partial charge in [-0.05, 0) is 30.2 Å². The molecule has 2 aromatic carbocycles. The van der Waals surface area contributed by atoms with Gasteiger partial charge in [0.05, 0.1) is 23.8 Å². The van der Waals surface area contributed by atoms with Crippen molar-refractivity contribution in [3.63, 3.8) is 0 Å². The van der Waals surface area contributed by atoms with Gasteiger partial charge in [-0.2, -0.15) is 0 Å². The number of nitro groups is 1. The molecule has 0 saturated carbocycles. The molecule has 0 unspecified atom stereocenters. The van der Waals surface area contributed by atoms with Gasteiger partial charge in [-0.1, -0.05) is 23.7 Å². The number of benzene rings is 2. The Morgan fingerprint density at radius 1 is 1.25 bits per heavy atom. The van der Waals surface area contributed by atoms with Crippen LogP contribution in [0.15, 0.2) is 42.5 Å². The van der Waals surface area contributed by atoms with Crippen LogP contribution >= 0.6 is 11.6 Å². The number of hydrogen-bond acceptors (Lipinski definition) is 4. The maximum absolute atomic E-state index is 11.9. The first-order chi connectivity index (χ1) is 11.5. The highest BCUT2D eigenvalue weighted by atomic mass is 35.5. The van der Waals surface area contributed by atoms with Crippen molar-refractivity contribution in [2.45, 2.75) is 6.42 Å². The number of non-ortho nitro benzene ring substituents is 1. The highest BCUT2D eigenvalue weighted by Gasteiger charge is 2.13. The van der Waals surface area contributed by atoms with E-state index < -0.39 is 11.0 Å². The van der Waals surface area contributed by atoms with Crippen LogP contribution < -0.4 is 15.4 Å². The van der Waals surface area contributed by atoms with Crippen molar-refractivity contribution in [1.29, 1.82) is 0 Å². The number of methoxy groups -OCH3 is 1. The van der Waals surface area contributed by atoms with Crippen molar-refractivity contribution in [3.05, 3.63) is 63.2 Å². The fourth-order valence-electron chi connectivity index (χ4n) is 2.03. The smallest absolute Gasteiger partial charge is 0.319 e. The second-order valence-electron chi connectivity index (χ2n) is 4.90. The van der Waals surface area contributed by atoms with Gasteiger partial charge in [-0.25, -0.2) is 4.79 Å². The minimum atomic E-state index is -0.529. The van der Waals surface area contributed by atoms with Crippen LogP contribution in [0.2, 0.25) is 5.02 Å². The Morgan fingerprint density at radius 2 is 1.96 bits per heavy atom. The number of amides is 2. The number of nitrogens with one attached hydrogen (secondary N) is 2. The largest absolute Gasteiger partial charge is 0.494 e. The minimum absolute atomic E-state index is 0.111. The van der Waals surface area contributed by atoms with Crippen LogP contribution in [0.25, 0.3) is 0 Å². The number of nitrogens with zero attached hydrogens (tertiary/aromatic N) is 1. The van der Waals surface area contributed by atoms with Gasteiger partial charge in [-0.15, -0.1) is 0 Å². The van der Waals surface area contributed by atoms with Crippen molar-refractivity contribution in [1.82, 2.24) is 5.32 Å². The first kappa shape index (κ1) is 17.6. The predicted molar refractivity (Wildman–Crippen MR) is 91.8 cm³/mol. The summed E-state index contributed by atoms with van der Waals surface area (Å²) in [6.07, 6.45) is 0.655. The average Bonchev–Trinajstić information content (AvgIpc) is 2.56. The van der Waals surface area contributed by atoms with Crippen LogP contribution in [0.5, 0.6) is 5.75 Å². The van der Waals surface area contributed by atoms with E-state index in [1.54, 1.807) is 12.1 Å². The molecule has 8 heteroatoms. The Bertz CT molecular complexity index is 735. The molecule has 0 aromatic heterocycles. The Hall–Kier alpha value is -2.80. The number of urea groups is 1. The summed E-state index contributed by atoms with van der Waals surface area (Å²) >= 11 is 5.81. The third-order valence-corrected chi connectivity index (χ3v) is 3.51. The molecular weight excluding hydrogens is 334 g/mol. The molecule has 24 heavy (non-hydrogen) atoms. The second kappa shape index (κ2) is 8.16. The Labute approximate surface area is 143 Å². The van der Waals surface area contributed by atoms with Crippen LogP contribution in [0.4, 0.5) is 16.2 Å². The standard InChI is InChI=1S/C16H16ClN3O4/c1-24-15-10-13(20(22)23)6-7-14(15)19-16(21)18-9-8-11-2-4-12(17)5-3-11/h2-7,10H,8-9H2,1H3,(H2,18,19,21). The van der Waals surface area contributed by atoms with Crippen molar-refractivity contribution >= 4 is 29.0 Å². The summed E-state index contributed by atoms with van der Waals surface area (Å²) in [6, 6.07) is 10.9. The highest BCUT2D eigenvalue weighted by molar-refractivity contribution is 6.30. The van der Waals surface area contributed by atoms with Gasteiger partial charge in [0.1, 0.15) is 5.75 Å². The number of ether oxygens (including phenoxy) is 1. The SMILES string of the molecule is COc1cc([N+](=O)[O-])ccc1NC(=O)NCCc1ccc(Cl)cc1. The Balaban J connectivity index is 1.90. The summed E-state index contributed by atoms with van der Waals surface area (Å²) in [5.41, 5.74) is 1.29. The van der Waals surface area contributed by atoms with Gasteiger partial charge < -0.3 is 15.4 Å². The summed E-state index contributed by atoms with van der Waals surface area (Å²) in [4.78, 5) is 22.1. The molecule has 7 nitrogen and oxygen atoms in total. The predicted octanol–water partition coefficient (Wildman–Crippen LogP) is 3.62. The summed E-state index contributed by atoms with van der Waals surface area (Å²) in [5.74, 6) is 0.219. The average molecular weight is 350 g/mol. The molecule has 0 bridgehead atoms. The first-order valence-corrected chi connectivity index (χ1v) is 7.49. The zero-order valence-corrected chi connectivity index (χ0v) is 13.7. The molecule has 2 N–H and O–H groups in total. The third kappa shape index (κ3) is 4.85. The quantitative estimate of drug-likeness (QED) is 0.615. The lowest BCUT2D eigenvalue weighted by atomic mass is 10.1. The number of nitro benzene ring substituents is 1. The fraction of sp³-hybridized carbons (Fsp3) is 0.188. The van der Waals surface area contributed by atoms with Crippen LogP contribution in [0, 0.1) is 10.1 Å². The zero-order chi connectivity index (χ0) is 17.5. The van der Waals surface area contributed by atoms with E-state index in [0.717, 1.165) is 5.56 Å². The normalized spacial score (nSPS) is 10.1. The molecule has 0 saturated heterocycles. The monoisotopic (exact) mass is 349 g/mol. The molecule has 2 rings (SSSR count). The maximum Gasteiger partial charge on any atom is 0.319 e. The second-order valence-corrected chi connectivity index (χ2v) is 5.34. The molecule has 0 fully saturated rings. The number of carbonyl (C=O) groups is 1. The molecule has 126 valence electrons. The van der Waals surface area contributed by atoms with E-state index in [9.17, 15) is 14.9 Å². The van der Waals surface area contributed by atoms with E-state index in [-0.39, 0.29) is 11.4 Å². The Kier molecular flexibility index (Phi) is 5.97. The number of rotatable bonds is 6. The molecule has 0 aliphatic rings. The van der Waals surface area contributed by atoms with Gasteiger partial charge in [0, 0.05) is 17.6 Å². The maximum atomic E-state index is 11.9. The summed E-state index contributed by atoms with van der Waals surface area (Å²) in [7, 11) is 1.38. The van der Waals surface area contributed by atoms with E-state index in [1.807, 2.05) is 12.1 Å². The molecule has 0 heterocycles. The molecule has 0 aliphatic carbocycles. The number of hydrogen-bond donors (Lipinski definition) is 2. The van der Waals surface area contributed by atoms with Gasteiger partial charge in [0.15, 0.2) is 0 Å². The van der Waals surface area contributed by atoms with Crippen LogP contribution in [0.3, 0.4) is 0 Å². The van der Waals surface area contributed by atoms with E-state index in [1.165, 1.54) is 25.3 Å². The molecule has 0 spiro atoms. The molecule has 0 atom stereocenters. The van der Waals surface area contributed by atoms with Gasteiger partial charge in [0.2, 0.25) is 0 Å². The third-order valence-electron chi connectivity index (χ3n) is 3.26. The van der Waals surface area contributed by atoms with E-state index >= 15 is 0 Å². The summed E-state index contributed by atoms with van der Waals surface area (Å²) in [5, 5.41) is 16.7. The zero-order valence-electron chi connectivity index (χ0n) is 12.9. The minimum Gasteiger partial charge on any atom is -0.494 e. The van der Waals surface area contributed by atoms with Gasteiger partial charge in [-0.3, -0.25) is 10.1 Å². The van der Waals surface area contributed by atoms with Crippen molar-refractivity contribution in [3.8, 4) is 5.75 Å². The Morgan fingerprint density at radius 3 is 2.58 bits per heavy atom. The molecular formula is C16H16ClN3O4. The fourth-order valence-corrected chi connectivity index (χ4v) is 2.16. The van der Waals surface area contributed by atoms with Crippen molar-refractivity contribution in [2.75, 3.05) is 19.0 Å². The van der Waals surface area contributed by atoms with Crippen molar-refractivity contribution < 1.29 is 14.5 Å². The van der Waals surface area contributed by atoms with Crippen LogP contribution in [-0.4, -0.2) is 24.6 Å². The molecule has 2 amide bonds. The summed E-state index contributed by atoms with van der Waals surface area (Å²) in [6.45, 7) is 0.433. The van der Waals surface area contributed by atoms with E-state index in [0.29, 0.717) is 23.7 Å². The summed E-state index contributed by atoms with van der Waals surface area (Å²) < 4.78 is 5.06. The lowest BCUT2D eigenvalue weighted by Gasteiger charge is -2.11. The van der Waals surface area contributed by atoms with Gasteiger partial charge >= 0.3 is 6.03 Å². The lowest BCUT2D eigenvalue weighted by molar-refractivity contribution is -0.384. The topological polar surface area (TPSA) is 93.5 Å². The highest BCUT2D eigenvalue weighted by Crippen LogP contribution is 2.28. The van der Waals surface area contributed by atoms with Crippen LogP contribution in [-0.2, 0) is 6.42 Å².